The number of carbonyl (C=O) groups excluding carboxylic acids is 1. The monoisotopic (exact) mass is 344 g/mol. The molecule has 4 nitrogen and oxygen atoms in total. The zero-order valence-electron chi connectivity index (χ0n) is 13.7. The van der Waals surface area contributed by atoms with E-state index in [1.54, 1.807) is 7.11 Å². The molecule has 2 aromatic rings. The lowest BCUT2D eigenvalue weighted by atomic mass is 10.0. The molecular formula is C19H21ClN2O2. The summed E-state index contributed by atoms with van der Waals surface area (Å²) < 4.78 is 5.24. The van der Waals surface area contributed by atoms with Crippen LogP contribution in [0, 0.1) is 0 Å². The summed E-state index contributed by atoms with van der Waals surface area (Å²) in [4.78, 5) is 14.8. The Morgan fingerprint density at radius 3 is 2.92 bits per heavy atom. The summed E-state index contributed by atoms with van der Waals surface area (Å²) in [6, 6.07) is 15.4. The Morgan fingerprint density at radius 1 is 1.29 bits per heavy atom. The molecule has 1 unspecified atom stereocenters. The smallest absolute Gasteiger partial charge is 0.227 e. The van der Waals surface area contributed by atoms with Crippen LogP contribution >= 0.6 is 11.6 Å². The van der Waals surface area contributed by atoms with Gasteiger partial charge in [-0.25, -0.2) is 0 Å². The fourth-order valence-corrected chi connectivity index (χ4v) is 3.27. The highest BCUT2D eigenvalue weighted by molar-refractivity contribution is 6.30. The lowest BCUT2D eigenvalue weighted by molar-refractivity contribution is -0.133. The minimum absolute atomic E-state index is 0.00978. The van der Waals surface area contributed by atoms with Gasteiger partial charge in [0, 0.05) is 24.7 Å². The first-order chi connectivity index (χ1) is 11.7. The lowest BCUT2D eigenvalue weighted by Gasteiger charge is -2.36. The Morgan fingerprint density at radius 2 is 2.12 bits per heavy atom. The first-order valence-corrected chi connectivity index (χ1v) is 8.44. The number of nitrogens with one attached hydrogen (secondary N) is 1. The average molecular weight is 345 g/mol. The summed E-state index contributed by atoms with van der Waals surface area (Å²) in [5.41, 5.74) is 2.02. The minimum atomic E-state index is 0.00978. The molecule has 5 heteroatoms. The lowest BCUT2D eigenvalue weighted by Crippen LogP contribution is -2.49. The predicted octanol–water partition coefficient (Wildman–Crippen LogP) is 3.06. The van der Waals surface area contributed by atoms with Crippen LogP contribution in [0.2, 0.25) is 5.02 Å². The van der Waals surface area contributed by atoms with Gasteiger partial charge in [-0.05, 0) is 35.4 Å². The number of methoxy groups -OCH3 is 1. The largest absolute Gasteiger partial charge is 0.497 e. The van der Waals surface area contributed by atoms with Gasteiger partial charge in [0.1, 0.15) is 5.75 Å². The molecule has 1 N–H and O–H groups in total. The molecule has 24 heavy (non-hydrogen) atoms. The third-order valence-corrected chi connectivity index (χ3v) is 4.52. The van der Waals surface area contributed by atoms with E-state index in [4.69, 9.17) is 16.3 Å². The molecule has 0 saturated carbocycles. The normalized spacial score (nSPS) is 17.6. The third kappa shape index (κ3) is 3.89. The van der Waals surface area contributed by atoms with Crippen molar-refractivity contribution in [3.05, 3.63) is 64.7 Å². The first-order valence-electron chi connectivity index (χ1n) is 8.06. The van der Waals surface area contributed by atoms with Crippen molar-refractivity contribution in [2.75, 3.05) is 26.7 Å². The van der Waals surface area contributed by atoms with E-state index in [2.05, 4.69) is 5.32 Å². The van der Waals surface area contributed by atoms with E-state index in [0.717, 1.165) is 30.0 Å². The molecule has 0 aromatic heterocycles. The zero-order valence-corrected chi connectivity index (χ0v) is 14.4. The van der Waals surface area contributed by atoms with E-state index in [9.17, 15) is 4.79 Å². The van der Waals surface area contributed by atoms with Crippen molar-refractivity contribution in [3.63, 3.8) is 0 Å². The van der Waals surface area contributed by atoms with Crippen LogP contribution in [-0.4, -0.2) is 37.6 Å². The minimum Gasteiger partial charge on any atom is -0.497 e. The number of hydrogen-bond donors (Lipinski definition) is 1. The molecule has 1 saturated heterocycles. The third-order valence-electron chi connectivity index (χ3n) is 4.29. The van der Waals surface area contributed by atoms with Crippen molar-refractivity contribution in [3.8, 4) is 5.75 Å². The number of rotatable bonds is 4. The number of piperazine rings is 1. The molecule has 2 aromatic carbocycles. The molecule has 0 bridgehead atoms. The topological polar surface area (TPSA) is 41.6 Å². The summed E-state index contributed by atoms with van der Waals surface area (Å²) in [6.45, 7) is 2.24. The van der Waals surface area contributed by atoms with Crippen molar-refractivity contribution in [2.45, 2.75) is 12.5 Å². The van der Waals surface area contributed by atoms with Gasteiger partial charge in [-0.1, -0.05) is 35.9 Å². The number of halogens is 1. The number of hydrogen-bond acceptors (Lipinski definition) is 3. The number of carbonyl (C=O) groups is 1. The van der Waals surface area contributed by atoms with Crippen molar-refractivity contribution < 1.29 is 9.53 Å². The zero-order chi connectivity index (χ0) is 16.9. The van der Waals surface area contributed by atoms with Gasteiger partial charge in [-0.2, -0.15) is 0 Å². The van der Waals surface area contributed by atoms with Crippen LogP contribution in [0.3, 0.4) is 0 Å². The summed E-state index contributed by atoms with van der Waals surface area (Å²) in [6.07, 6.45) is 0.369. The first kappa shape index (κ1) is 16.8. The molecule has 0 aliphatic carbocycles. The number of benzene rings is 2. The average Bonchev–Trinajstić information content (AvgIpc) is 2.62. The Labute approximate surface area is 147 Å². The van der Waals surface area contributed by atoms with Crippen LogP contribution in [0.15, 0.2) is 48.5 Å². The maximum atomic E-state index is 12.9. The Balaban J connectivity index is 1.78. The van der Waals surface area contributed by atoms with E-state index in [0.29, 0.717) is 18.0 Å². The van der Waals surface area contributed by atoms with E-state index in [1.165, 1.54) is 0 Å². The van der Waals surface area contributed by atoms with Gasteiger partial charge in [-0.15, -0.1) is 0 Å². The molecular weight excluding hydrogens is 324 g/mol. The van der Waals surface area contributed by atoms with E-state index in [1.807, 2.05) is 53.4 Å². The summed E-state index contributed by atoms with van der Waals surface area (Å²) in [5, 5.41) is 4.06. The molecule has 1 aliphatic heterocycles. The predicted molar refractivity (Wildman–Crippen MR) is 95.5 cm³/mol. The Kier molecular flexibility index (Phi) is 5.38. The van der Waals surface area contributed by atoms with Gasteiger partial charge in [0.15, 0.2) is 0 Å². The molecule has 1 amide bonds. The maximum absolute atomic E-state index is 12.9. The fraction of sp³-hybridized carbons (Fsp3) is 0.316. The van der Waals surface area contributed by atoms with E-state index in [-0.39, 0.29) is 11.9 Å². The van der Waals surface area contributed by atoms with Crippen LogP contribution in [0.5, 0.6) is 5.75 Å². The van der Waals surface area contributed by atoms with Crippen molar-refractivity contribution in [2.24, 2.45) is 0 Å². The molecule has 1 heterocycles. The number of nitrogens with zero attached hydrogens (tertiary/aromatic N) is 1. The van der Waals surface area contributed by atoms with Crippen molar-refractivity contribution >= 4 is 17.5 Å². The molecule has 1 atom stereocenters. The second kappa shape index (κ2) is 7.69. The highest BCUT2D eigenvalue weighted by atomic mass is 35.5. The molecule has 3 rings (SSSR count). The standard InChI is InChI=1S/C19H21ClN2O2/c1-24-17-7-2-4-14(10-17)11-19(23)22-9-8-21-13-18(22)15-5-3-6-16(20)12-15/h2-7,10,12,18,21H,8-9,11,13H2,1H3. The van der Waals surface area contributed by atoms with E-state index < -0.39 is 0 Å². The summed E-state index contributed by atoms with van der Waals surface area (Å²) >= 11 is 6.12. The Hall–Kier alpha value is -2.04. The molecule has 0 radical (unpaired) electrons. The van der Waals surface area contributed by atoms with Crippen LogP contribution in [0.1, 0.15) is 17.2 Å². The molecule has 1 aliphatic rings. The SMILES string of the molecule is COc1cccc(CC(=O)N2CCNCC2c2cccc(Cl)c2)c1. The highest BCUT2D eigenvalue weighted by Crippen LogP contribution is 2.25. The van der Waals surface area contributed by atoms with Crippen LogP contribution < -0.4 is 10.1 Å². The second-order valence-corrected chi connectivity index (χ2v) is 6.33. The fourth-order valence-electron chi connectivity index (χ4n) is 3.07. The summed E-state index contributed by atoms with van der Waals surface area (Å²) in [5.74, 6) is 0.890. The van der Waals surface area contributed by atoms with Crippen molar-refractivity contribution in [1.82, 2.24) is 10.2 Å². The quantitative estimate of drug-likeness (QED) is 0.926. The van der Waals surface area contributed by atoms with Gasteiger partial charge in [0.25, 0.3) is 0 Å². The number of ether oxygens (including phenoxy) is 1. The van der Waals surface area contributed by atoms with E-state index >= 15 is 0 Å². The maximum Gasteiger partial charge on any atom is 0.227 e. The van der Waals surface area contributed by atoms with Gasteiger partial charge >= 0.3 is 0 Å². The van der Waals surface area contributed by atoms with Gasteiger partial charge in [-0.3, -0.25) is 4.79 Å². The van der Waals surface area contributed by atoms with Crippen LogP contribution in [-0.2, 0) is 11.2 Å². The van der Waals surface area contributed by atoms with Gasteiger partial charge in [0.2, 0.25) is 5.91 Å². The van der Waals surface area contributed by atoms with Gasteiger partial charge < -0.3 is 15.0 Å². The van der Waals surface area contributed by atoms with Crippen molar-refractivity contribution in [1.29, 1.82) is 0 Å². The van der Waals surface area contributed by atoms with Gasteiger partial charge in [0.05, 0.1) is 19.6 Å². The van der Waals surface area contributed by atoms with Crippen LogP contribution in [0.4, 0.5) is 0 Å². The Bertz CT molecular complexity index is 720. The second-order valence-electron chi connectivity index (χ2n) is 5.89. The molecule has 1 fully saturated rings. The molecule has 126 valence electrons. The van der Waals surface area contributed by atoms with Crippen LogP contribution in [0.25, 0.3) is 0 Å². The molecule has 0 spiro atoms. The highest BCUT2D eigenvalue weighted by Gasteiger charge is 2.27. The number of amides is 1. The summed E-state index contributed by atoms with van der Waals surface area (Å²) in [7, 11) is 1.63.